The molecule has 0 saturated carbocycles. The first-order valence-corrected chi connectivity index (χ1v) is 6.19. The standard InChI is InChI=1S/C14H19NO3/c1-17-12-7-8-15-13(9-12)10-3-5-11(6-4-10)14(16)18-2/h3-6,12-13,15H,7-9H2,1-2H3/t12-,13+/m0/s1. The average molecular weight is 249 g/mol. The van der Waals surface area contributed by atoms with Gasteiger partial charge in [0.25, 0.3) is 0 Å². The van der Waals surface area contributed by atoms with Crippen molar-refractivity contribution in [3.05, 3.63) is 35.4 Å². The summed E-state index contributed by atoms with van der Waals surface area (Å²) in [5, 5.41) is 3.47. The Balaban J connectivity index is 2.07. The molecule has 1 saturated heterocycles. The number of methoxy groups -OCH3 is 2. The summed E-state index contributed by atoms with van der Waals surface area (Å²) in [6, 6.07) is 7.86. The van der Waals surface area contributed by atoms with Crippen molar-refractivity contribution < 1.29 is 14.3 Å². The number of ether oxygens (including phenoxy) is 2. The van der Waals surface area contributed by atoms with Crippen LogP contribution in [0.4, 0.5) is 0 Å². The van der Waals surface area contributed by atoms with Gasteiger partial charge in [0.15, 0.2) is 0 Å². The van der Waals surface area contributed by atoms with Gasteiger partial charge in [0.1, 0.15) is 0 Å². The third-order valence-corrected chi connectivity index (χ3v) is 3.42. The van der Waals surface area contributed by atoms with E-state index in [4.69, 9.17) is 4.74 Å². The van der Waals surface area contributed by atoms with Crippen LogP contribution in [-0.4, -0.2) is 32.8 Å². The zero-order valence-electron chi connectivity index (χ0n) is 10.8. The molecule has 4 nitrogen and oxygen atoms in total. The van der Waals surface area contributed by atoms with Gasteiger partial charge in [-0.2, -0.15) is 0 Å². The van der Waals surface area contributed by atoms with Gasteiger partial charge < -0.3 is 14.8 Å². The van der Waals surface area contributed by atoms with Crippen LogP contribution < -0.4 is 5.32 Å². The highest BCUT2D eigenvalue weighted by Gasteiger charge is 2.22. The second-order valence-corrected chi connectivity index (χ2v) is 4.50. The minimum Gasteiger partial charge on any atom is -0.465 e. The van der Waals surface area contributed by atoms with Crippen LogP contribution in [0.25, 0.3) is 0 Å². The van der Waals surface area contributed by atoms with Gasteiger partial charge in [-0.1, -0.05) is 12.1 Å². The van der Waals surface area contributed by atoms with E-state index in [1.165, 1.54) is 12.7 Å². The molecule has 0 aromatic heterocycles. The largest absolute Gasteiger partial charge is 0.465 e. The Morgan fingerprint density at radius 3 is 2.61 bits per heavy atom. The third-order valence-electron chi connectivity index (χ3n) is 3.42. The van der Waals surface area contributed by atoms with Crippen LogP contribution in [-0.2, 0) is 9.47 Å². The fourth-order valence-corrected chi connectivity index (χ4v) is 2.32. The smallest absolute Gasteiger partial charge is 0.337 e. The number of benzene rings is 1. The van der Waals surface area contributed by atoms with Crippen molar-refractivity contribution in [2.75, 3.05) is 20.8 Å². The van der Waals surface area contributed by atoms with E-state index in [0.29, 0.717) is 17.7 Å². The van der Waals surface area contributed by atoms with Crippen molar-refractivity contribution in [2.45, 2.75) is 25.0 Å². The Bertz CT molecular complexity index is 402. The number of carbonyl (C=O) groups is 1. The fraction of sp³-hybridized carbons (Fsp3) is 0.500. The van der Waals surface area contributed by atoms with E-state index in [0.717, 1.165) is 19.4 Å². The average Bonchev–Trinajstić information content (AvgIpc) is 2.46. The van der Waals surface area contributed by atoms with E-state index >= 15 is 0 Å². The summed E-state index contributed by atoms with van der Waals surface area (Å²) in [7, 11) is 3.15. The lowest BCUT2D eigenvalue weighted by Gasteiger charge is -2.29. The van der Waals surface area contributed by atoms with Crippen molar-refractivity contribution >= 4 is 5.97 Å². The van der Waals surface area contributed by atoms with Gasteiger partial charge in [-0.15, -0.1) is 0 Å². The highest BCUT2D eigenvalue weighted by atomic mass is 16.5. The van der Waals surface area contributed by atoms with Gasteiger partial charge in [-0.3, -0.25) is 0 Å². The second kappa shape index (κ2) is 5.98. The molecular weight excluding hydrogens is 230 g/mol. The molecule has 1 aliphatic heterocycles. The molecule has 1 heterocycles. The van der Waals surface area contributed by atoms with Gasteiger partial charge in [-0.05, 0) is 37.1 Å². The Morgan fingerprint density at radius 1 is 1.28 bits per heavy atom. The highest BCUT2D eigenvalue weighted by molar-refractivity contribution is 5.89. The SMILES string of the molecule is COC(=O)c1ccc([C@H]2C[C@@H](OC)CCN2)cc1. The number of hydrogen-bond acceptors (Lipinski definition) is 4. The van der Waals surface area contributed by atoms with E-state index in [2.05, 4.69) is 10.1 Å². The molecule has 1 N–H and O–H groups in total. The fourth-order valence-electron chi connectivity index (χ4n) is 2.32. The number of piperidine rings is 1. The van der Waals surface area contributed by atoms with Crippen LogP contribution in [0.1, 0.15) is 34.8 Å². The third kappa shape index (κ3) is 2.89. The monoisotopic (exact) mass is 249 g/mol. The van der Waals surface area contributed by atoms with Crippen LogP contribution in [0.2, 0.25) is 0 Å². The van der Waals surface area contributed by atoms with Crippen LogP contribution in [0.3, 0.4) is 0 Å². The molecule has 0 bridgehead atoms. The van der Waals surface area contributed by atoms with Gasteiger partial charge in [0, 0.05) is 13.2 Å². The van der Waals surface area contributed by atoms with Gasteiger partial charge >= 0.3 is 5.97 Å². The van der Waals surface area contributed by atoms with Gasteiger partial charge in [0.05, 0.1) is 18.8 Å². The molecule has 0 radical (unpaired) electrons. The van der Waals surface area contributed by atoms with Crippen molar-refractivity contribution in [2.24, 2.45) is 0 Å². The summed E-state index contributed by atoms with van der Waals surface area (Å²) < 4.78 is 10.1. The summed E-state index contributed by atoms with van der Waals surface area (Å²) in [5.74, 6) is -0.298. The summed E-state index contributed by atoms with van der Waals surface area (Å²) in [5.41, 5.74) is 1.77. The van der Waals surface area contributed by atoms with Crippen molar-refractivity contribution in [1.29, 1.82) is 0 Å². The van der Waals surface area contributed by atoms with E-state index in [1.54, 1.807) is 19.2 Å². The molecule has 2 rings (SSSR count). The van der Waals surface area contributed by atoms with E-state index in [9.17, 15) is 4.79 Å². The summed E-state index contributed by atoms with van der Waals surface area (Å²) >= 11 is 0. The molecule has 18 heavy (non-hydrogen) atoms. The molecule has 0 unspecified atom stereocenters. The maximum Gasteiger partial charge on any atom is 0.337 e. The zero-order valence-corrected chi connectivity index (χ0v) is 10.8. The van der Waals surface area contributed by atoms with E-state index in [-0.39, 0.29) is 5.97 Å². The first-order chi connectivity index (χ1) is 8.74. The second-order valence-electron chi connectivity index (χ2n) is 4.50. The molecule has 1 aromatic rings. The molecule has 1 fully saturated rings. The van der Waals surface area contributed by atoms with Gasteiger partial charge in [0.2, 0.25) is 0 Å². The molecule has 2 atom stereocenters. The minimum atomic E-state index is -0.298. The predicted molar refractivity (Wildman–Crippen MR) is 68.6 cm³/mol. The quantitative estimate of drug-likeness (QED) is 0.831. The van der Waals surface area contributed by atoms with Crippen LogP contribution in [0, 0.1) is 0 Å². The first-order valence-electron chi connectivity index (χ1n) is 6.19. The molecule has 4 heteroatoms. The number of carbonyl (C=O) groups excluding carboxylic acids is 1. The Hall–Kier alpha value is -1.39. The number of esters is 1. The Morgan fingerprint density at radius 2 is 2.00 bits per heavy atom. The van der Waals surface area contributed by atoms with Crippen LogP contribution in [0.15, 0.2) is 24.3 Å². The molecule has 1 aromatic carbocycles. The molecule has 0 spiro atoms. The predicted octanol–water partition coefficient (Wildman–Crippen LogP) is 1.91. The van der Waals surface area contributed by atoms with Crippen molar-refractivity contribution in [3.8, 4) is 0 Å². The first kappa shape index (κ1) is 13.1. The van der Waals surface area contributed by atoms with Gasteiger partial charge in [-0.25, -0.2) is 4.79 Å². The number of rotatable bonds is 3. The zero-order chi connectivity index (χ0) is 13.0. The molecule has 98 valence electrons. The lowest BCUT2D eigenvalue weighted by atomic mass is 9.95. The topological polar surface area (TPSA) is 47.6 Å². The molecule has 0 aliphatic carbocycles. The van der Waals surface area contributed by atoms with E-state index < -0.39 is 0 Å². The summed E-state index contributed by atoms with van der Waals surface area (Å²) in [6.07, 6.45) is 2.33. The van der Waals surface area contributed by atoms with Crippen LogP contribution >= 0.6 is 0 Å². The Kier molecular flexibility index (Phi) is 4.33. The lowest BCUT2D eigenvalue weighted by Crippen LogP contribution is -2.35. The molecule has 1 aliphatic rings. The summed E-state index contributed by atoms with van der Waals surface area (Å²) in [4.78, 5) is 11.3. The Labute approximate surface area is 107 Å². The lowest BCUT2D eigenvalue weighted by molar-refractivity contribution is 0.0597. The minimum absolute atomic E-state index is 0.298. The molecule has 0 amide bonds. The molecular formula is C14H19NO3. The van der Waals surface area contributed by atoms with Crippen molar-refractivity contribution in [1.82, 2.24) is 5.32 Å². The number of nitrogens with one attached hydrogen (secondary N) is 1. The highest BCUT2D eigenvalue weighted by Crippen LogP contribution is 2.24. The normalized spacial score (nSPS) is 23.7. The van der Waals surface area contributed by atoms with Crippen molar-refractivity contribution in [3.63, 3.8) is 0 Å². The number of hydrogen-bond donors (Lipinski definition) is 1. The maximum atomic E-state index is 11.3. The van der Waals surface area contributed by atoms with Crippen LogP contribution in [0.5, 0.6) is 0 Å². The summed E-state index contributed by atoms with van der Waals surface area (Å²) in [6.45, 7) is 0.960. The van der Waals surface area contributed by atoms with E-state index in [1.807, 2.05) is 12.1 Å². The maximum absolute atomic E-state index is 11.3.